The summed E-state index contributed by atoms with van der Waals surface area (Å²) in [6.07, 6.45) is 1.51. The van der Waals surface area contributed by atoms with Gasteiger partial charge in [-0.25, -0.2) is 19.5 Å². The number of hydrogen-bond acceptors (Lipinski definition) is 6. The highest BCUT2D eigenvalue weighted by Gasteiger charge is 2.51. The van der Waals surface area contributed by atoms with Gasteiger partial charge in [-0.2, -0.15) is 13.2 Å². The number of anilines is 2. The minimum atomic E-state index is -4.44. The van der Waals surface area contributed by atoms with Crippen LogP contribution in [0.5, 0.6) is 0 Å². The normalized spacial score (nSPS) is 18.5. The molecular weight excluding hydrogens is 509 g/mol. The summed E-state index contributed by atoms with van der Waals surface area (Å²) >= 11 is -0.270. The van der Waals surface area contributed by atoms with Crippen molar-refractivity contribution in [3.8, 4) is 0 Å². The molecule has 3 heterocycles. The van der Waals surface area contributed by atoms with E-state index in [1.807, 2.05) is 7.05 Å². The topological polar surface area (TPSA) is 89.1 Å². The summed E-state index contributed by atoms with van der Waals surface area (Å²) in [6, 6.07) is 7.57. The lowest BCUT2D eigenvalue weighted by molar-refractivity contribution is -0.123. The van der Waals surface area contributed by atoms with Crippen LogP contribution >= 0.6 is 11.8 Å². The minimum Gasteiger partial charge on any atom is -0.322 e. The van der Waals surface area contributed by atoms with Crippen LogP contribution in [0, 0.1) is 0 Å². The Labute approximate surface area is 216 Å². The number of alkyl halides is 3. The van der Waals surface area contributed by atoms with Crippen LogP contribution in [-0.4, -0.2) is 81.9 Å². The first-order valence-corrected chi connectivity index (χ1v) is 12.4. The number of nitrogens with zero attached hydrogens (tertiary/aromatic N) is 5. The summed E-state index contributed by atoms with van der Waals surface area (Å²) in [7, 11) is 2.00. The molecule has 0 atom stereocenters. The molecule has 0 bridgehead atoms. The van der Waals surface area contributed by atoms with Gasteiger partial charge >= 0.3 is 17.6 Å². The molecule has 13 heteroatoms. The molecule has 0 radical (unpaired) electrons. The summed E-state index contributed by atoms with van der Waals surface area (Å²) in [6.45, 7) is 6.05. The second-order valence-electron chi connectivity index (χ2n) is 9.38. The van der Waals surface area contributed by atoms with Gasteiger partial charge in [-0.05, 0) is 74.6 Å². The van der Waals surface area contributed by atoms with Crippen LogP contribution in [0.15, 0.2) is 47.5 Å². The van der Waals surface area contributed by atoms with Crippen molar-refractivity contribution in [2.45, 2.75) is 36.3 Å². The van der Waals surface area contributed by atoms with Crippen LogP contribution in [0.2, 0.25) is 0 Å². The van der Waals surface area contributed by atoms with Crippen LogP contribution < -0.4 is 10.2 Å². The standard InChI is InChI=1S/C24H27F3N6O3S/c1-23(2)20(34)33(17-4-6-18(7-5-17)37-24(25,26)27)22(36)32(23)15-16-8-9-28-19(14-16)29-21(35)31-12-10-30(3)11-13-31/h4-9,14H,10-13,15H2,1-3H3,(H,28,29,35). The van der Waals surface area contributed by atoms with Gasteiger partial charge in [-0.15, -0.1) is 0 Å². The van der Waals surface area contributed by atoms with Crippen molar-refractivity contribution in [3.05, 3.63) is 48.2 Å². The number of likely N-dealkylation sites (N-methyl/N-ethyl adjacent to an activating group) is 1. The SMILES string of the molecule is CN1CCN(C(=O)Nc2cc(CN3C(=O)N(c4ccc(SC(F)(F)F)cc4)C(=O)C3(C)C)ccn2)CC1. The Morgan fingerprint density at radius 3 is 2.35 bits per heavy atom. The second-order valence-corrected chi connectivity index (χ2v) is 10.5. The van der Waals surface area contributed by atoms with Crippen molar-refractivity contribution in [2.24, 2.45) is 0 Å². The number of urea groups is 2. The molecule has 198 valence electrons. The Kier molecular flexibility index (Phi) is 7.38. The first-order chi connectivity index (χ1) is 17.3. The number of hydrogen-bond donors (Lipinski definition) is 1. The quantitative estimate of drug-likeness (QED) is 0.455. The average molecular weight is 537 g/mol. The van der Waals surface area contributed by atoms with Crippen molar-refractivity contribution in [1.29, 1.82) is 0 Å². The Morgan fingerprint density at radius 2 is 1.73 bits per heavy atom. The van der Waals surface area contributed by atoms with E-state index in [1.54, 1.807) is 30.9 Å². The maximum Gasteiger partial charge on any atom is 0.446 e. The van der Waals surface area contributed by atoms with Crippen molar-refractivity contribution >= 4 is 41.2 Å². The number of nitrogens with one attached hydrogen (secondary N) is 1. The molecule has 0 unspecified atom stereocenters. The molecule has 2 aliphatic rings. The van der Waals surface area contributed by atoms with E-state index in [-0.39, 0.29) is 34.9 Å². The number of benzene rings is 1. The number of pyridine rings is 1. The van der Waals surface area contributed by atoms with Crippen molar-refractivity contribution < 1.29 is 27.6 Å². The van der Waals surface area contributed by atoms with E-state index < -0.39 is 23.0 Å². The smallest absolute Gasteiger partial charge is 0.322 e. The van der Waals surface area contributed by atoms with Crippen molar-refractivity contribution in [2.75, 3.05) is 43.4 Å². The first-order valence-electron chi connectivity index (χ1n) is 11.6. The highest BCUT2D eigenvalue weighted by molar-refractivity contribution is 8.00. The summed E-state index contributed by atoms with van der Waals surface area (Å²) in [4.78, 5) is 49.4. The predicted molar refractivity (Wildman–Crippen MR) is 133 cm³/mol. The zero-order valence-electron chi connectivity index (χ0n) is 20.6. The number of thioether (sulfide) groups is 1. The Balaban J connectivity index is 1.47. The van der Waals surface area contributed by atoms with Crippen LogP contribution in [0.3, 0.4) is 0 Å². The van der Waals surface area contributed by atoms with Gasteiger partial charge in [0.1, 0.15) is 11.4 Å². The summed E-state index contributed by atoms with van der Waals surface area (Å²) in [5.74, 6) is -0.168. The van der Waals surface area contributed by atoms with Crippen LogP contribution in [0.4, 0.5) is 34.3 Å². The molecule has 0 aliphatic carbocycles. The monoisotopic (exact) mass is 536 g/mol. The molecule has 5 amide bonds. The van der Waals surface area contributed by atoms with Crippen molar-refractivity contribution in [3.63, 3.8) is 0 Å². The van der Waals surface area contributed by atoms with Gasteiger partial charge in [0.05, 0.1) is 5.69 Å². The Hall–Kier alpha value is -3.32. The lowest BCUT2D eigenvalue weighted by Gasteiger charge is -2.32. The number of carbonyl (C=O) groups excluding carboxylic acids is 3. The van der Waals surface area contributed by atoms with Gasteiger partial charge in [0.25, 0.3) is 5.91 Å². The molecule has 0 spiro atoms. The maximum absolute atomic E-state index is 13.3. The summed E-state index contributed by atoms with van der Waals surface area (Å²) < 4.78 is 37.9. The fourth-order valence-electron chi connectivity index (χ4n) is 4.15. The van der Waals surface area contributed by atoms with E-state index in [9.17, 15) is 27.6 Å². The summed E-state index contributed by atoms with van der Waals surface area (Å²) in [5.41, 5.74) is -4.81. The molecule has 37 heavy (non-hydrogen) atoms. The first kappa shape index (κ1) is 26.7. The number of piperazine rings is 1. The number of imide groups is 1. The molecule has 1 N–H and O–H groups in total. The molecule has 0 saturated carbocycles. The largest absolute Gasteiger partial charge is 0.446 e. The second kappa shape index (κ2) is 10.2. The molecular formula is C24H27F3N6O3S. The number of aromatic nitrogens is 1. The molecule has 2 fully saturated rings. The van der Waals surface area contributed by atoms with Crippen LogP contribution in [0.1, 0.15) is 19.4 Å². The molecule has 1 aromatic carbocycles. The molecule has 4 rings (SSSR count). The highest BCUT2D eigenvalue weighted by Crippen LogP contribution is 2.39. The van der Waals surface area contributed by atoms with E-state index in [2.05, 4.69) is 15.2 Å². The van der Waals surface area contributed by atoms with E-state index >= 15 is 0 Å². The fourth-order valence-corrected chi connectivity index (χ4v) is 4.69. The van der Waals surface area contributed by atoms with E-state index in [0.717, 1.165) is 18.0 Å². The molecule has 9 nitrogen and oxygen atoms in total. The van der Waals surface area contributed by atoms with E-state index in [0.29, 0.717) is 24.5 Å². The van der Waals surface area contributed by atoms with Gasteiger partial charge in [0.15, 0.2) is 0 Å². The number of carbonyl (C=O) groups is 3. The van der Waals surface area contributed by atoms with Crippen molar-refractivity contribution in [1.82, 2.24) is 19.7 Å². The minimum absolute atomic E-state index is 0.0469. The Morgan fingerprint density at radius 1 is 1.08 bits per heavy atom. The molecule has 2 saturated heterocycles. The number of amides is 5. The van der Waals surface area contributed by atoms with Crippen LogP contribution in [-0.2, 0) is 11.3 Å². The third-order valence-electron chi connectivity index (χ3n) is 6.34. The molecule has 2 aliphatic heterocycles. The third kappa shape index (κ3) is 5.99. The maximum atomic E-state index is 13.3. The fraction of sp³-hybridized carbons (Fsp3) is 0.417. The van der Waals surface area contributed by atoms with E-state index in [1.165, 1.54) is 35.4 Å². The number of halogens is 3. The lowest BCUT2D eigenvalue weighted by atomic mass is 10.0. The zero-order chi connectivity index (χ0) is 27.0. The predicted octanol–water partition coefficient (Wildman–Crippen LogP) is 4.22. The molecule has 2 aromatic rings. The highest BCUT2D eigenvalue weighted by atomic mass is 32.2. The van der Waals surface area contributed by atoms with Gasteiger partial charge in [0, 0.05) is 43.8 Å². The number of rotatable bonds is 5. The summed E-state index contributed by atoms with van der Waals surface area (Å²) in [5, 5.41) is 2.78. The van der Waals surface area contributed by atoms with Gasteiger partial charge in [-0.3, -0.25) is 10.1 Å². The zero-order valence-corrected chi connectivity index (χ0v) is 21.4. The van der Waals surface area contributed by atoms with Gasteiger partial charge in [0.2, 0.25) is 0 Å². The van der Waals surface area contributed by atoms with Gasteiger partial charge in [-0.1, -0.05) is 0 Å². The Bertz CT molecular complexity index is 1180. The lowest BCUT2D eigenvalue weighted by Crippen LogP contribution is -2.48. The van der Waals surface area contributed by atoms with Crippen LogP contribution in [0.25, 0.3) is 0 Å². The van der Waals surface area contributed by atoms with Gasteiger partial charge < -0.3 is 14.7 Å². The average Bonchev–Trinajstić information content (AvgIpc) is 2.99. The van der Waals surface area contributed by atoms with E-state index in [4.69, 9.17) is 0 Å². The molecule has 1 aromatic heterocycles. The third-order valence-corrected chi connectivity index (χ3v) is 7.08.